The highest BCUT2D eigenvalue weighted by Gasteiger charge is 2.33. The lowest BCUT2D eigenvalue weighted by Crippen LogP contribution is -2.28. The maximum absolute atomic E-state index is 10.5. The summed E-state index contributed by atoms with van der Waals surface area (Å²) in [6.07, 6.45) is 2.87. The molecule has 0 spiro atoms. The summed E-state index contributed by atoms with van der Waals surface area (Å²) in [5.41, 5.74) is 0. The van der Waals surface area contributed by atoms with E-state index in [-0.39, 0.29) is 12.6 Å². The number of β-amino-alcohol motifs (C(OH)–C–C–N with tert-alkyl or cyclic N) is 1. The Bertz CT molecular complexity index is 338. The Hall–Kier alpha value is -1.40. The largest absolute Gasteiger partial charge is 0.480 e. The van der Waals surface area contributed by atoms with Crippen LogP contribution in [0.1, 0.15) is 6.04 Å². The van der Waals surface area contributed by atoms with Gasteiger partial charge in [-0.25, -0.2) is 0 Å². The van der Waals surface area contributed by atoms with Crippen LogP contribution < -0.4 is 0 Å². The molecule has 2 N–H and O–H groups in total. The minimum Gasteiger partial charge on any atom is -0.480 e. The van der Waals surface area contributed by atoms with E-state index in [0.717, 1.165) is 0 Å². The van der Waals surface area contributed by atoms with Crippen molar-refractivity contribution in [2.75, 3.05) is 19.6 Å². The Morgan fingerprint density at radius 1 is 1.53 bits per heavy atom. The zero-order valence-corrected chi connectivity index (χ0v) is 8.15. The first-order valence-electron chi connectivity index (χ1n) is 4.78. The van der Waals surface area contributed by atoms with E-state index in [4.69, 9.17) is 5.11 Å². The van der Waals surface area contributed by atoms with E-state index in [1.807, 2.05) is 0 Å². The Kier molecular flexibility index (Phi) is 2.70. The fraction of sp³-hybridized carbons (Fsp3) is 0.556. The summed E-state index contributed by atoms with van der Waals surface area (Å²) in [4.78, 5) is 12.2. The summed E-state index contributed by atoms with van der Waals surface area (Å²) in [6, 6.07) is 1.64. The third kappa shape index (κ3) is 2.16. The molecule has 0 bridgehead atoms. The lowest BCUT2D eigenvalue weighted by Gasteiger charge is -2.13. The molecular formula is C9H13N3O3. The Morgan fingerprint density at radius 2 is 2.33 bits per heavy atom. The fourth-order valence-corrected chi connectivity index (χ4v) is 1.90. The molecule has 0 saturated carbocycles. The molecule has 15 heavy (non-hydrogen) atoms. The van der Waals surface area contributed by atoms with E-state index < -0.39 is 12.1 Å². The van der Waals surface area contributed by atoms with Crippen molar-refractivity contribution < 1.29 is 15.0 Å². The van der Waals surface area contributed by atoms with Crippen LogP contribution in [0.15, 0.2) is 18.5 Å². The van der Waals surface area contributed by atoms with Crippen LogP contribution in [0.25, 0.3) is 0 Å². The first-order chi connectivity index (χ1) is 7.16. The van der Waals surface area contributed by atoms with Gasteiger partial charge in [-0.2, -0.15) is 5.10 Å². The maximum atomic E-state index is 10.5. The van der Waals surface area contributed by atoms with Gasteiger partial charge in [0.1, 0.15) is 0 Å². The number of aromatic nitrogens is 2. The highest BCUT2D eigenvalue weighted by atomic mass is 16.4. The number of carbonyl (C=O) groups is 1. The molecule has 1 aliphatic heterocycles. The van der Waals surface area contributed by atoms with Gasteiger partial charge in [0, 0.05) is 25.5 Å². The SMILES string of the molecule is O=C(O)CN1C[C@@H](O)[C@@H](n2cccn2)C1. The van der Waals surface area contributed by atoms with Gasteiger partial charge in [-0.3, -0.25) is 14.4 Å². The van der Waals surface area contributed by atoms with Gasteiger partial charge in [0.25, 0.3) is 0 Å². The Labute approximate surface area is 86.7 Å². The molecule has 0 amide bonds. The van der Waals surface area contributed by atoms with Gasteiger partial charge in [0.2, 0.25) is 0 Å². The van der Waals surface area contributed by atoms with Crippen LogP contribution in [0.2, 0.25) is 0 Å². The van der Waals surface area contributed by atoms with Crippen LogP contribution in [0.4, 0.5) is 0 Å². The molecule has 1 aliphatic rings. The van der Waals surface area contributed by atoms with Crippen LogP contribution in [0.3, 0.4) is 0 Å². The van der Waals surface area contributed by atoms with Gasteiger partial charge in [-0.1, -0.05) is 0 Å². The number of rotatable bonds is 3. The average molecular weight is 211 g/mol. The number of carboxylic acids is 1. The van der Waals surface area contributed by atoms with Gasteiger partial charge in [-0.05, 0) is 6.07 Å². The van der Waals surface area contributed by atoms with Gasteiger partial charge in [0.15, 0.2) is 0 Å². The predicted octanol–water partition coefficient (Wildman–Crippen LogP) is -0.815. The summed E-state index contributed by atoms with van der Waals surface area (Å²) in [6.45, 7) is 0.876. The number of hydrogen-bond acceptors (Lipinski definition) is 4. The Balaban J connectivity index is 2.01. The number of aliphatic carboxylic acids is 1. The van der Waals surface area contributed by atoms with Crippen molar-refractivity contribution in [2.45, 2.75) is 12.1 Å². The summed E-state index contributed by atoms with van der Waals surface area (Å²) in [7, 11) is 0. The maximum Gasteiger partial charge on any atom is 0.317 e. The molecule has 2 heterocycles. The van der Waals surface area contributed by atoms with Crippen molar-refractivity contribution in [2.24, 2.45) is 0 Å². The highest BCUT2D eigenvalue weighted by Crippen LogP contribution is 2.20. The minimum absolute atomic E-state index is 0.0329. The lowest BCUT2D eigenvalue weighted by atomic mass is 10.2. The molecule has 0 aromatic carbocycles. The number of likely N-dealkylation sites (tertiary alicyclic amines) is 1. The van der Waals surface area contributed by atoms with Gasteiger partial charge < -0.3 is 10.2 Å². The standard InChI is InChI=1S/C9H13N3O3/c13-8-5-11(6-9(14)15)4-7(8)12-3-1-2-10-12/h1-3,7-8,13H,4-6H2,(H,14,15)/t7-,8+/m0/s1. The minimum atomic E-state index is -0.872. The molecule has 1 aromatic heterocycles. The van der Waals surface area contributed by atoms with Crippen LogP contribution in [0.5, 0.6) is 0 Å². The highest BCUT2D eigenvalue weighted by molar-refractivity contribution is 5.69. The summed E-state index contributed by atoms with van der Waals surface area (Å²) >= 11 is 0. The molecule has 82 valence electrons. The topological polar surface area (TPSA) is 78.6 Å². The first-order valence-corrected chi connectivity index (χ1v) is 4.78. The van der Waals surface area contributed by atoms with Crippen molar-refractivity contribution >= 4 is 5.97 Å². The number of aliphatic hydroxyl groups is 1. The second kappa shape index (κ2) is 4.00. The van der Waals surface area contributed by atoms with E-state index in [1.54, 1.807) is 28.0 Å². The van der Waals surface area contributed by atoms with Crippen molar-refractivity contribution in [1.82, 2.24) is 14.7 Å². The second-order valence-electron chi connectivity index (χ2n) is 3.71. The van der Waals surface area contributed by atoms with Crippen LogP contribution in [0, 0.1) is 0 Å². The van der Waals surface area contributed by atoms with E-state index in [0.29, 0.717) is 13.1 Å². The van der Waals surface area contributed by atoms with E-state index in [2.05, 4.69) is 5.10 Å². The third-order valence-corrected chi connectivity index (χ3v) is 2.56. The molecular weight excluding hydrogens is 198 g/mol. The van der Waals surface area contributed by atoms with Gasteiger partial charge in [0.05, 0.1) is 18.7 Å². The van der Waals surface area contributed by atoms with Gasteiger partial charge >= 0.3 is 5.97 Å². The van der Waals surface area contributed by atoms with E-state index in [9.17, 15) is 9.90 Å². The predicted molar refractivity (Wildman–Crippen MR) is 51.3 cm³/mol. The smallest absolute Gasteiger partial charge is 0.317 e. The molecule has 0 radical (unpaired) electrons. The number of nitrogens with zero attached hydrogens (tertiary/aromatic N) is 3. The second-order valence-corrected chi connectivity index (χ2v) is 3.71. The molecule has 6 nitrogen and oxygen atoms in total. The number of hydrogen-bond donors (Lipinski definition) is 2. The normalized spacial score (nSPS) is 27.0. The van der Waals surface area contributed by atoms with Crippen molar-refractivity contribution in [3.8, 4) is 0 Å². The summed E-state index contributed by atoms with van der Waals surface area (Å²) in [5.74, 6) is -0.872. The number of carboxylic acid groups (broad SMARTS) is 1. The molecule has 1 fully saturated rings. The lowest BCUT2D eigenvalue weighted by molar-refractivity contribution is -0.138. The quantitative estimate of drug-likeness (QED) is 0.683. The molecule has 1 aromatic rings. The average Bonchev–Trinajstić information content (AvgIpc) is 2.72. The van der Waals surface area contributed by atoms with Crippen molar-refractivity contribution in [3.05, 3.63) is 18.5 Å². The molecule has 1 saturated heterocycles. The van der Waals surface area contributed by atoms with E-state index >= 15 is 0 Å². The van der Waals surface area contributed by atoms with Crippen LogP contribution in [-0.2, 0) is 4.79 Å². The molecule has 0 aliphatic carbocycles. The Morgan fingerprint density at radius 3 is 2.93 bits per heavy atom. The monoisotopic (exact) mass is 211 g/mol. The zero-order valence-electron chi connectivity index (χ0n) is 8.15. The third-order valence-electron chi connectivity index (χ3n) is 2.56. The van der Waals surface area contributed by atoms with E-state index in [1.165, 1.54) is 0 Å². The molecule has 2 atom stereocenters. The summed E-state index contributed by atoms with van der Waals surface area (Å²) in [5, 5.41) is 22.4. The first kappa shape index (κ1) is 10.1. The summed E-state index contributed by atoms with van der Waals surface area (Å²) < 4.78 is 1.67. The zero-order chi connectivity index (χ0) is 10.8. The fourth-order valence-electron chi connectivity index (χ4n) is 1.90. The molecule has 6 heteroatoms. The van der Waals surface area contributed by atoms with Crippen molar-refractivity contribution in [3.63, 3.8) is 0 Å². The van der Waals surface area contributed by atoms with Crippen LogP contribution >= 0.6 is 0 Å². The van der Waals surface area contributed by atoms with Gasteiger partial charge in [-0.15, -0.1) is 0 Å². The van der Waals surface area contributed by atoms with Crippen molar-refractivity contribution in [1.29, 1.82) is 0 Å². The van der Waals surface area contributed by atoms with Crippen LogP contribution in [-0.4, -0.2) is 56.6 Å². The molecule has 0 unspecified atom stereocenters. The number of aliphatic hydroxyl groups excluding tert-OH is 1. The molecule has 2 rings (SSSR count).